The van der Waals surface area contributed by atoms with E-state index in [1.165, 1.54) is 0 Å². The van der Waals surface area contributed by atoms with Crippen molar-refractivity contribution < 1.29 is 9.26 Å². The monoisotopic (exact) mass is 247 g/mol. The van der Waals surface area contributed by atoms with Crippen LogP contribution in [0.15, 0.2) is 22.7 Å². The number of anilines is 1. The molecule has 0 atom stereocenters. The number of hydrogen-bond acceptors (Lipinski definition) is 5. The van der Waals surface area contributed by atoms with Crippen LogP contribution in [-0.4, -0.2) is 17.3 Å². The molecular formula is C13H17N3O2. The Morgan fingerprint density at radius 2 is 2.17 bits per heavy atom. The molecule has 1 aromatic carbocycles. The fraction of sp³-hybridized carbons (Fsp3) is 0.385. The lowest BCUT2D eigenvalue weighted by Gasteiger charge is -2.05. The van der Waals surface area contributed by atoms with Crippen LogP contribution in [0, 0.1) is 0 Å². The number of hydrogen-bond donors (Lipinski definition) is 1. The van der Waals surface area contributed by atoms with Gasteiger partial charge in [-0.1, -0.05) is 25.1 Å². The van der Waals surface area contributed by atoms with Gasteiger partial charge in [-0.3, -0.25) is 0 Å². The lowest BCUT2D eigenvalue weighted by molar-refractivity contribution is 0.377. The molecule has 0 aliphatic carbocycles. The van der Waals surface area contributed by atoms with E-state index in [1.54, 1.807) is 7.11 Å². The largest absolute Gasteiger partial charge is 0.495 e. The third-order valence-electron chi connectivity index (χ3n) is 2.65. The second kappa shape index (κ2) is 5.08. The van der Waals surface area contributed by atoms with Gasteiger partial charge in [-0.05, 0) is 17.7 Å². The van der Waals surface area contributed by atoms with Gasteiger partial charge in [-0.15, -0.1) is 0 Å². The second-order valence-electron chi connectivity index (χ2n) is 4.45. The number of nitrogens with two attached hydrogens (primary N) is 1. The van der Waals surface area contributed by atoms with Gasteiger partial charge in [0.2, 0.25) is 5.89 Å². The molecule has 0 saturated carbocycles. The van der Waals surface area contributed by atoms with Crippen LogP contribution in [0.2, 0.25) is 0 Å². The molecule has 5 heteroatoms. The summed E-state index contributed by atoms with van der Waals surface area (Å²) in [5.41, 5.74) is 7.48. The highest BCUT2D eigenvalue weighted by Crippen LogP contribution is 2.23. The molecule has 0 radical (unpaired) electrons. The number of benzene rings is 1. The topological polar surface area (TPSA) is 74.2 Å². The van der Waals surface area contributed by atoms with Gasteiger partial charge in [0.1, 0.15) is 5.75 Å². The first kappa shape index (κ1) is 12.4. The van der Waals surface area contributed by atoms with Crippen molar-refractivity contribution in [3.63, 3.8) is 0 Å². The minimum Gasteiger partial charge on any atom is -0.495 e. The lowest BCUT2D eigenvalue weighted by atomic mass is 10.1. The summed E-state index contributed by atoms with van der Waals surface area (Å²) in [6.07, 6.45) is 0.577. The molecule has 2 N–H and O–H groups in total. The van der Waals surface area contributed by atoms with Crippen molar-refractivity contribution in [2.75, 3.05) is 12.8 Å². The second-order valence-corrected chi connectivity index (χ2v) is 4.45. The maximum Gasteiger partial charge on any atom is 0.231 e. The average molecular weight is 247 g/mol. The van der Waals surface area contributed by atoms with Gasteiger partial charge in [-0.25, -0.2) is 0 Å². The molecule has 18 heavy (non-hydrogen) atoms. The Labute approximate surface area is 106 Å². The first-order valence-corrected chi connectivity index (χ1v) is 5.85. The number of rotatable bonds is 4. The zero-order valence-corrected chi connectivity index (χ0v) is 10.8. The van der Waals surface area contributed by atoms with Gasteiger partial charge in [0.25, 0.3) is 0 Å². The molecule has 96 valence electrons. The van der Waals surface area contributed by atoms with Crippen molar-refractivity contribution >= 4 is 5.69 Å². The number of nitrogens with zero attached hydrogens (tertiary/aromatic N) is 2. The van der Waals surface area contributed by atoms with Crippen LogP contribution < -0.4 is 10.5 Å². The molecular weight excluding hydrogens is 230 g/mol. The summed E-state index contributed by atoms with van der Waals surface area (Å²) in [4.78, 5) is 4.33. The molecule has 0 spiro atoms. The molecule has 0 unspecified atom stereocenters. The summed E-state index contributed by atoms with van der Waals surface area (Å²) in [5, 5.41) is 3.93. The SMILES string of the molecule is COc1ccc(Cc2nc(C(C)C)no2)cc1N. The van der Waals surface area contributed by atoms with E-state index >= 15 is 0 Å². The van der Waals surface area contributed by atoms with E-state index in [9.17, 15) is 0 Å². The Kier molecular flexibility index (Phi) is 3.50. The van der Waals surface area contributed by atoms with Gasteiger partial charge < -0.3 is 15.0 Å². The molecule has 0 fully saturated rings. The molecule has 1 aromatic heterocycles. The number of methoxy groups -OCH3 is 1. The first-order chi connectivity index (χ1) is 8.60. The summed E-state index contributed by atoms with van der Waals surface area (Å²) >= 11 is 0. The fourth-order valence-electron chi connectivity index (χ4n) is 1.64. The number of ether oxygens (including phenoxy) is 1. The molecule has 1 heterocycles. The van der Waals surface area contributed by atoms with Crippen molar-refractivity contribution in [2.45, 2.75) is 26.2 Å². The van der Waals surface area contributed by atoms with E-state index in [0.717, 1.165) is 11.4 Å². The summed E-state index contributed by atoms with van der Waals surface area (Å²) < 4.78 is 10.3. The van der Waals surface area contributed by atoms with Crippen molar-refractivity contribution in [3.8, 4) is 5.75 Å². The van der Waals surface area contributed by atoms with Crippen LogP contribution in [-0.2, 0) is 6.42 Å². The normalized spacial score (nSPS) is 10.9. The predicted molar refractivity (Wildman–Crippen MR) is 68.6 cm³/mol. The Balaban J connectivity index is 2.15. The Bertz CT molecular complexity index is 535. The highest BCUT2D eigenvalue weighted by atomic mass is 16.5. The van der Waals surface area contributed by atoms with E-state index in [-0.39, 0.29) is 5.92 Å². The maximum atomic E-state index is 5.85. The first-order valence-electron chi connectivity index (χ1n) is 5.85. The van der Waals surface area contributed by atoms with E-state index in [1.807, 2.05) is 32.0 Å². The summed E-state index contributed by atoms with van der Waals surface area (Å²) in [5.74, 6) is 2.27. The smallest absolute Gasteiger partial charge is 0.231 e. The minimum absolute atomic E-state index is 0.267. The zero-order valence-electron chi connectivity index (χ0n) is 10.8. The predicted octanol–water partition coefficient (Wildman–Crippen LogP) is 2.37. The van der Waals surface area contributed by atoms with Crippen LogP contribution in [0.5, 0.6) is 5.75 Å². The van der Waals surface area contributed by atoms with Gasteiger partial charge in [-0.2, -0.15) is 4.98 Å². The van der Waals surface area contributed by atoms with Gasteiger partial charge >= 0.3 is 0 Å². The standard InChI is InChI=1S/C13H17N3O2/c1-8(2)13-15-12(18-16-13)7-9-4-5-11(17-3)10(14)6-9/h4-6,8H,7,14H2,1-3H3. The molecule has 2 aromatic rings. The average Bonchev–Trinajstić information content (AvgIpc) is 2.78. The third-order valence-corrected chi connectivity index (χ3v) is 2.65. The van der Waals surface area contributed by atoms with E-state index in [4.69, 9.17) is 15.0 Å². The zero-order chi connectivity index (χ0) is 13.1. The van der Waals surface area contributed by atoms with Crippen molar-refractivity contribution in [1.29, 1.82) is 0 Å². The van der Waals surface area contributed by atoms with Crippen LogP contribution in [0.4, 0.5) is 5.69 Å². The van der Waals surface area contributed by atoms with E-state index in [2.05, 4.69) is 10.1 Å². The summed E-state index contributed by atoms with van der Waals surface area (Å²) in [6.45, 7) is 4.06. The van der Waals surface area contributed by atoms with E-state index < -0.39 is 0 Å². The van der Waals surface area contributed by atoms with Gasteiger partial charge in [0.05, 0.1) is 19.2 Å². The molecule has 0 bridgehead atoms. The molecule has 5 nitrogen and oxygen atoms in total. The summed E-state index contributed by atoms with van der Waals surface area (Å²) in [6, 6.07) is 5.64. The van der Waals surface area contributed by atoms with Crippen molar-refractivity contribution in [2.24, 2.45) is 0 Å². The van der Waals surface area contributed by atoms with Gasteiger partial charge in [0, 0.05) is 5.92 Å². The van der Waals surface area contributed by atoms with Gasteiger partial charge in [0.15, 0.2) is 5.82 Å². The van der Waals surface area contributed by atoms with Crippen molar-refractivity contribution in [3.05, 3.63) is 35.5 Å². The van der Waals surface area contributed by atoms with Crippen LogP contribution in [0.25, 0.3) is 0 Å². The Morgan fingerprint density at radius 3 is 2.72 bits per heavy atom. The highest BCUT2D eigenvalue weighted by molar-refractivity contribution is 5.54. The molecule has 0 aliphatic heterocycles. The molecule has 0 amide bonds. The van der Waals surface area contributed by atoms with Crippen LogP contribution in [0.3, 0.4) is 0 Å². The Morgan fingerprint density at radius 1 is 1.39 bits per heavy atom. The molecule has 2 rings (SSSR count). The minimum atomic E-state index is 0.267. The fourth-order valence-corrected chi connectivity index (χ4v) is 1.64. The van der Waals surface area contributed by atoms with E-state index in [0.29, 0.717) is 23.7 Å². The third kappa shape index (κ3) is 2.61. The van der Waals surface area contributed by atoms with Crippen LogP contribution in [0.1, 0.15) is 37.0 Å². The van der Waals surface area contributed by atoms with Crippen LogP contribution >= 0.6 is 0 Å². The molecule has 0 aliphatic rings. The van der Waals surface area contributed by atoms with Crippen molar-refractivity contribution in [1.82, 2.24) is 10.1 Å². The summed E-state index contributed by atoms with van der Waals surface area (Å²) in [7, 11) is 1.60. The lowest BCUT2D eigenvalue weighted by Crippen LogP contribution is -1.96. The quantitative estimate of drug-likeness (QED) is 0.839. The molecule has 0 saturated heterocycles. The number of nitrogen functional groups attached to an aromatic ring is 1. The maximum absolute atomic E-state index is 5.85. The number of aromatic nitrogens is 2. The highest BCUT2D eigenvalue weighted by Gasteiger charge is 2.10. The Hall–Kier alpha value is -2.04.